The number of hydrogen-bond donors (Lipinski definition) is 1. The molecule has 1 aromatic rings. The molecule has 0 radical (unpaired) electrons. The minimum Gasteiger partial charge on any atom is -0.376 e. The summed E-state index contributed by atoms with van der Waals surface area (Å²) >= 11 is 0. The molecule has 0 heterocycles. The Labute approximate surface area is 100 Å². The van der Waals surface area contributed by atoms with Crippen LogP contribution in [0.5, 0.6) is 0 Å². The summed E-state index contributed by atoms with van der Waals surface area (Å²) in [6, 6.07) is 3.78. The molecule has 0 saturated carbocycles. The Morgan fingerprint density at radius 2 is 1.82 bits per heavy atom. The van der Waals surface area contributed by atoms with Crippen LogP contribution in [0.1, 0.15) is 12.5 Å². The first-order valence-electron chi connectivity index (χ1n) is 4.30. The van der Waals surface area contributed by atoms with E-state index in [1.54, 1.807) is 0 Å². The Morgan fingerprint density at radius 1 is 1.29 bits per heavy atom. The normalized spacial score (nSPS) is 16.6. The maximum atomic E-state index is 12.5. The van der Waals surface area contributed by atoms with Gasteiger partial charge in [0.05, 0.1) is 4.90 Å². The summed E-state index contributed by atoms with van der Waals surface area (Å²) in [4.78, 5) is -0.499. The summed E-state index contributed by atoms with van der Waals surface area (Å²) in [6.07, 6.45) is -4.91. The van der Waals surface area contributed by atoms with Crippen molar-refractivity contribution in [3.63, 3.8) is 0 Å². The topological polar surface area (TPSA) is 54.4 Å². The van der Waals surface area contributed by atoms with Crippen molar-refractivity contribution in [3.8, 4) is 0 Å². The summed E-state index contributed by atoms with van der Waals surface area (Å²) in [5.41, 5.74) is -3.73. The lowest BCUT2D eigenvalue weighted by molar-refractivity contribution is -0.258. The van der Waals surface area contributed by atoms with Gasteiger partial charge >= 0.3 is 6.18 Å². The van der Waals surface area contributed by atoms with Crippen LogP contribution in [-0.4, -0.2) is 19.7 Å². The summed E-state index contributed by atoms with van der Waals surface area (Å²) in [5.74, 6) is 0. The maximum Gasteiger partial charge on any atom is 0.421 e. The molecular weight excluding hydrogens is 281 g/mol. The second-order valence-corrected chi connectivity index (χ2v) is 6.10. The van der Waals surface area contributed by atoms with E-state index >= 15 is 0 Å². The molecule has 96 valence electrons. The zero-order chi connectivity index (χ0) is 13.5. The monoisotopic (exact) mass is 288 g/mol. The molecule has 0 amide bonds. The third-order valence-corrected chi connectivity index (χ3v) is 3.58. The van der Waals surface area contributed by atoms with E-state index < -0.39 is 31.3 Å². The van der Waals surface area contributed by atoms with Crippen LogP contribution in [-0.2, 0) is 14.7 Å². The van der Waals surface area contributed by atoms with Crippen LogP contribution in [0, 0.1) is 0 Å². The van der Waals surface area contributed by atoms with Gasteiger partial charge in [0.1, 0.15) is 0 Å². The van der Waals surface area contributed by atoms with Crippen molar-refractivity contribution in [3.05, 3.63) is 29.8 Å². The lowest BCUT2D eigenvalue weighted by atomic mass is 9.96. The van der Waals surface area contributed by atoms with Crippen LogP contribution >= 0.6 is 10.7 Å². The molecule has 3 nitrogen and oxygen atoms in total. The molecule has 0 spiro atoms. The van der Waals surface area contributed by atoms with Crippen LogP contribution in [0.15, 0.2) is 29.2 Å². The Kier molecular flexibility index (Phi) is 3.48. The molecule has 1 aromatic carbocycles. The predicted octanol–water partition coefficient (Wildman–Crippen LogP) is 2.38. The minimum absolute atomic E-state index is 0.499. The Balaban J connectivity index is 3.36. The van der Waals surface area contributed by atoms with Gasteiger partial charge in [-0.05, 0) is 24.6 Å². The number of alkyl halides is 3. The van der Waals surface area contributed by atoms with Gasteiger partial charge in [0.2, 0.25) is 0 Å². The maximum absolute atomic E-state index is 12.5. The van der Waals surface area contributed by atoms with E-state index in [1.165, 1.54) is 0 Å². The molecule has 0 aliphatic heterocycles. The Bertz CT molecular complexity index is 523. The lowest BCUT2D eigenvalue weighted by Crippen LogP contribution is -2.39. The molecule has 17 heavy (non-hydrogen) atoms. The molecule has 1 N–H and O–H groups in total. The van der Waals surface area contributed by atoms with Crippen LogP contribution in [0.25, 0.3) is 0 Å². The highest BCUT2D eigenvalue weighted by atomic mass is 35.7. The first kappa shape index (κ1) is 14.3. The molecule has 0 aliphatic rings. The van der Waals surface area contributed by atoms with Gasteiger partial charge in [-0.2, -0.15) is 13.2 Å². The largest absolute Gasteiger partial charge is 0.421 e. The van der Waals surface area contributed by atoms with E-state index in [9.17, 15) is 26.7 Å². The molecule has 0 bridgehead atoms. The first-order chi connectivity index (χ1) is 7.46. The molecule has 8 heteroatoms. The highest BCUT2D eigenvalue weighted by molar-refractivity contribution is 8.13. The number of hydrogen-bond acceptors (Lipinski definition) is 3. The van der Waals surface area contributed by atoms with Gasteiger partial charge in [-0.3, -0.25) is 0 Å². The second-order valence-electron chi connectivity index (χ2n) is 3.54. The summed E-state index contributed by atoms with van der Waals surface area (Å²) in [5, 5.41) is 9.35. The number of halogens is 4. The van der Waals surface area contributed by atoms with Crippen molar-refractivity contribution in [1.82, 2.24) is 0 Å². The first-order valence-corrected chi connectivity index (χ1v) is 6.61. The number of benzene rings is 1. The molecule has 0 aromatic heterocycles. The third-order valence-electron chi connectivity index (χ3n) is 2.23. The molecule has 1 rings (SSSR count). The van der Waals surface area contributed by atoms with E-state index in [2.05, 4.69) is 0 Å². The van der Waals surface area contributed by atoms with Crippen LogP contribution in [0.3, 0.4) is 0 Å². The number of rotatable bonds is 2. The molecule has 1 atom stereocenters. The standard InChI is InChI=1S/C9H8ClF3O3S/c1-8(14,9(11,12)13)6-3-2-4-7(5-6)17(10,15)16/h2-5,14H,1H3. The molecule has 0 fully saturated rings. The van der Waals surface area contributed by atoms with Crippen molar-refractivity contribution in [1.29, 1.82) is 0 Å². The van der Waals surface area contributed by atoms with E-state index in [0.29, 0.717) is 13.0 Å². The minimum atomic E-state index is -4.91. The van der Waals surface area contributed by atoms with E-state index in [4.69, 9.17) is 10.7 Å². The SMILES string of the molecule is CC(O)(c1cccc(S(=O)(=O)Cl)c1)C(F)(F)F. The van der Waals surface area contributed by atoms with Crippen molar-refractivity contribution in [2.24, 2.45) is 0 Å². The molecule has 0 saturated heterocycles. The van der Waals surface area contributed by atoms with Gasteiger partial charge in [-0.25, -0.2) is 8.42 Å². The van der Waals surface area contributed by atoms with E-state index in [1.807, 2.05) is 0 Å². The predicted molar refractivity (Wildman–Crippen MR) is 55.1 cm³/mol. The number of aliphatic hydroxyl groups is 1. The molecule has 0 aliphatic carbocycles. The quantitative estimate of drug-likeness (QED) is 0.850. The van der Waals surface area contributed by atoms with Crippen molar-refractivity contribution in [2.75, 3.05) is 0 Å². The summed E-state index contributed by atoms with van der Waals surface area (Å²) < 4.78 is 59.5. The third kappa shape index (κ3) is 2.91. The van der Waals surface area contributed by atoms with Crippen molar-refractivity contribution in [2.45, 2.75) is 23.6 Å². The average Bonchev–Trinajstić information content (AvgIpc) is 2.15. The van der Waals surface area contributed by atoms with Gasteiger partial charge in [0.15, 0.2) is 5.60 Å². The van der Waals surface area contributed by atoms with Crippen molar-refractivity contribution >= 4 is 19.7 Å². The summed E-state index contributed by atoms with van der Waals surface area (Å²) in [7, 11) is 0.867. The second kappa shape index (κ2) is 4.15. The Hall–Kier alpha value is -0.790. The Morgan fingerprint density at radius 3 is 2.24 bits per heavy atom. The lowest BCUT2D eigenvalue weighted by Gasteiger charge is -2.26. The van der Waals surface area contributed by atoms with Gasteiger partial charge in [0, 0.05) is 10.7 Å². The van der Waals surface area contributed by atoms with Gasteiger partial charge in [-0.15, -0.1) is 0 Å². The fourth-order valence-electron chi connectivity index (χ4n) is 1.11. The van der Waals surface area contributed by atoms with Crippen molar-refractivity contribution < 1.29 is 26.7 Å². The smallest absolute Gasteiger partial charge is 0.376 e. The van der Waals surface area contributed by atoms with Gasteiger partial charge in [0.25, 0.3) is 9.05 Å². The van der Waals surface area contributed by atoms with Gasteiger partial charge in [-0.1, -0.05) is 12.1 Å². The van der Waals surface area contributed by atoms with E-state index in [-0.39, 0.29) is 0 Å². The molecule has 1 unspecified atom stereocenters. The zero-order valence-electron chi connectivity index (χ0n) is 8.49. The average molecular weight is 289 g/mol. The van der Waals surface area contributed by atoms with E-state index in [0.717, 1.165) is 18.2 Å². The highest BCUT2D eigenvalue weighted by Crippen LogP contribution is 2.39. The summed E-state index contributed by atoms with van der Waals surface area (Å²) in [6.45, 7) is 0.535. The fourth-order valence-corrected chi connectivity index (χ4v) is 1.91. The van der Waals surface area contributed by atoms with Crippen LogP contribution in [0.2, 0.25) is 0 Å². The van der Waals surface area contributed by atoms with Gasteiger partial charge < -0.3 is 5.11 Å². The van der Waals surface area contributed by atoms with Crippen LogP contribution in [0.4, 0.5) is 13.2 Å². The van der Waals surface area contributed by atoms with Crippen LogP contribution < -0.4 is 0 Å². The molecular formula is C9H8ClF3O3S. The fraction of sp³-hybridized carbons (Fsp3) is 0.333. The highest BCUT2D eigenvalue weighted by Gasteiger charge is 2.51. The zero-order valence-corrected chi connectivity index (χ0v) is 10.1.